The minimum Gasteiger partial charge on any atom is -0.493 e. The third kappa shape index (κ3) is 6.15. The van der Waals surface area contributed by atoms with Crippen LogP contribution in [0.2, 0.25) is 5.15 Å². The summed E-state index contributed by atoms with van der Waals surface area (Å²) in [5, 5.41) is 0.377. The quantitative estimate of drug-likeness (QED) is 0.358. The molecule has 0 spiro atoms. The number of aromatic nitrogens is 2. The molecule has 1 aliphatic heterocycles. The van der Waals surface area contributed by atoms with Crippen LogP contribution < -0.4 is 14.2 Å². The molecule has 0 aliphatic carbocycles. The Morgan fingerprint density at radius 1 is 1.00 bits per heavy atom. The minimum atomic E-state index is -0.273. The van der Waals surface area contributed by atoms with Crippen LogP contribution in [0.4, 0.5) is 4.39 Å². The van der Waals surface area contributed by atoms with Crippen LogP contribution in [0.3, 0.4) is 0 Å². The monoisotopic (exact) mass is 485 g/mol. The highest BCUT2D eigenvalue weighted by Crippen LogP contribution is 2.40. The second-order valence-corrected chi connectivity index (χ2v) is 8.48. The molecule has 6 nitrogen and oxygen atoms in total. The Labute approximate surface area is 204 Å². The number of hydrogen-bond acceptors (Lipinski definition) is 6. The van der Waals surface area contributed by atoms with Gasteiger partial charge < -0.3 is 14.2 Å². The van der Waals surface area contributed by atoms with Gasteiger partial charge >= 0.3 is 6.01 Å². The molecule has 1 fully saturated rings. The molecule has 2 aromatic carbocycles. The maximum atomic E-state index is 13.5. The second-order valence-electron chi connectivity index (χ2n) is 8.10. The molecule has 3 aromatic rings. The van der Waals surface area contributed by atoms with Crippen molar-refractivity contribution < 1.29 is 18.6 Å². The Hall–Kier alpha value is -2.90. The Bertz CT molecular complexity index is 1060. The van der Waals surface area contributed by atoms with Crippen LogP contribution in [-0.2, 0) is 6.54 Å². The molecular weight excluding hydrogens is 457 g/mol. The maximum absolute atomic E-state index is 13.5. The third-order valence-corrected chi connectivity index (χ3v) is 5.88. The maximum Gasteiger partial charge on any atom is 0.318 e. The molecule has 0 bridgehead atoms. The fourth-order valence-corrected chi connectivity index (χ4v) is 4.27. The van der Waals surface area contributed by atoms with Crippen LogP contribution in [0.5, 0.6) is 17.5 Å². The van der Waals surface area contributed by atoms with E-state index in [1.165, 1.54) is 12.1 Å². The van der Waals surface area contributed by atoms with Crippen molar-refractivity contribution in [2.24, 2.45) is 0 Å². The number of hydrogen-bond donors (Lipinski definition) is 0. The SMILES string of the molecule is CCOc1cc(CN2CCC(Oc3nccc(Cl)n3)CC2)cc(OCC)c1-c1ccc(F)cc1. The number of nitrogens with zero attached hydrogens (tertiary/aromatic N) is 3. The van der Waals surface area contributed by atoms with Gasteiger partial charge in [0.05, 0.1) is 18.8 Å². The summed E-state index contributed by atoms with van der Waals surface area (Å²) < 4.78 is 31.4. The van der Waals surface area contributed by atoms with Crippen molar-refractivity contribution in [1.82, 2.24) is 14.9 Å². The average Bonchev–Trinajstić information content (AvgIpc) is 2.82. The standard InChI is InChI=1S/C26H29ClFN3O3/c1-3-32-22-15-18(16-23(33-4-2)25(22)19-5-7-20(28)8-6-19)17-31-13-10-21(11-14-31)34-26-29-12-9-24(27)30-26/h5-9,12,15-16,21H,3-4,10-11,13-14,17H2,1-2H3. The molecule has 1 saturated heterocycles. The van der Waals surface area contributed by atoms with Crippen LogP contribution in [-0.4, -0.2) is 47.3 Å². The van der Waals surface area contributed by atoms with E-state index in [0.717, 1.165) is 60.7 Å². The number of halogens is 2. The van der Waals surface area contributed by atoms with Crippen molar-refractivity contribution in [3.05, 3.63) is 65.2 Å². The molecule has 0 radical (unpaired) electrons. The Kier molecular flexibility index (Phi) is 8.19. The van der Waals surface area contributed by atoms with Gasteiger partial charge in [-0.1, -0.05) is 23.7 Å². The highest BCUT2D eigenvalue weighted by molar-refractivity contribution is 6.29. The smallest absolute Gasteiger partial charge is 0.318 e. The summed E-state index contributed by atoms with van der Waals surface area (Å²) >= 11 is 5.93. The van der Waals surface area contributed by atoms with Gasteiger partial charge in [-0.3, -0.25) is 4.90 Å². The molecule has 8 heteroatoms. The van der Waals surface area contributed by atoms with E-state index in [4.69, 9.17) is 25.8 Å². The lowest BCUT2D eigenvalue weighted by Crippen LogP contribution is -2.38. The van der Waals surface area contributed by atoms with E-state index in [1.807, 2.05) is 13.8 Å². The van der Waals surface area contributed by atoms with Crippen molar-refractivity contribution in [1.29, 1.82) is 0 Å². The molecule has 0 unspecified atom stereocenters. The lowest BCUT2D eigenvalue weighted by atomic mass is 10.00. The number of likely N-dealkylation sites (tertiary alicyclic amines) is 1. The van der Waals surface area contributed by atoms with Gasteiger partial charge in [0.1, 0.15) is 28.6 Å². The van der Waals surface area contributed by atoms with E-state index >= 15 is 0 Å². The Morgan fingerprint density at radius 3 is 2.24 bits per heavy atom. The highest BCUT2D eigenvalue weighted by atomic mass is 35.5. The van der Waals surface area contributed by atoms with Gasteiger partial charge in [-0.2, -0.15) is 4.98 Å². The van der Waals surface area contributed by atoms with E-state index in [0.29, 0.717) is 24.4 Å². The van der Waals surface area contributed by atoms with Crippen LogP contribution in [0.25, 0.3) is 11.1 Å². The van der Waals surface area contributed by atoms with Crippen molar-refractivity contribution in [2.45, 2.75) is 39.3 Å². The lowest BCUT2D eigenvalue weighted by Gasteiger charge is -2.32. The second kappa shape index (κ2) is 11.5. The zero-order valence-electron chi connectivity index (χ0n) is 19.5. The van der Waals surface area contributed by atoms with Gasteiger partial charge in [0.15, 0.2) is 0 Å². The van der Waals surface area contributed by atoms with Gasteiger partial charge in [0, 0.05) is 25.8 Å². The summed E-state index contributed by atoms with van der Waals surface area (Å²) in [6.07, 6.45) is 3.41. The van der Waals surface area contributed by atoms with Gasteiger partial charge in [-0.05, 0) is 68.1 Å². The van der Waals surface area contributed by atoms with Crippen LogP contribution in [0.15, 0.2) is 48.7 Å². The lowest BCUT2D eigenvalue weighted by molar-refractivity contribution is 0.0892. The summed E-state index contributed by atoms with van der Waals surface area (Å²) in [4.78, 5) is 10.6. The van der Waals surface area contributed by atoms with Crippen LogP contribution in [0.1, 0.15) is 32.3 Å². The molecule has 1 aromatic heterocycles. The van der Waals surface area contributed by atoms with Crippen LogP contribution >= 0.6 is 11.6 Å². The van der Waals surface area contributed by atoms with Crippen LogP contribution in [0, 0.1) is 5.82 Å². The first kappa shape index (κ1) is 24.2. The molecule has 1 aliphatic rings. The van der Waals surface area contributed by atoms with E-state index in [1.54, 1.807) is 24.4 Å². The zero-order chi connectivity index (χ0) is 23.9. The zero-order valence-corrected chi connectivity index (χ0v) is 20.2. The normalized spacial score (nSPS) is 14.7. The first-order chi connectivity index (χ1) is 16.6. The number of piperidine rings is 1. The molecule has 0 N–H and O–H groups in total. The topological polar surface area (TPSA) is 56.7 Å². The predicted octanol–water partition coefficient (Wildman–Crippen LogP) is 5.78. The van der Waals surface area contributed by atoms with E-state index < -0.39 is 0 Å². The summed E-state index contributed by atoms with van der Waals surface area (Å²) in [7, 11) is 0. The first-order valence-corrected chi connectivity index (χ1v) is 12.0. The first-order valence-electron chi connectivity index (χ1n) is 11.6. The predicted molar refractivity (Wildman–Crippen MR) is 130 cm³/mol. The summed E-state index contributed by atoms with van der Waals surface area (Å²) in [5.74, 6) is 1.21. The molecular formula is C26H29ClFN3O3. The minimum absolute atomic E-state index is 0.0635. The van der Waals surface area contributed by atoms with Gasteiger partial charge in [-0.25, -0.2) is 9.37 Å². The summed E-state index contributed by atoms with van der Waals surface area (Å²) in [6, 6.07) is 12.5. The van der Waals surface area contributed by atoms with Gasteiger partial charge in [-0.15, -0.1) is 0 Å². The molecule has 0 saturated carbocycles. The van der Waals surface area contributed by atoms with Crippen molar-refractivity contribution >= 4 is 11.6 Å². The highest BCUT2D eigenvalue weighted by Gasteiger charge is 2.23. The third-order valence-electron chi connectivity index (χ3n) is 5.67. The summed E-state index contributed by atoms with van der Waals surface area (Å²) in [6.45, 7) is 7.50. The largest absolute Gasteiger partial charge is 0.493 e. The van der Waals surface area contributed by atoms with E-state index in [-0.39, 0.29) is 11.9 Å². The Balaban J connectivity index is 1.48. The molecule has 2 heterocycles. The van der Waals surface area contributed by atoms with Gasteiger partial charge in [0.2, 0.25) is 0 Å². The number of rotatable bonds is 9. The van der Waals surface area contributed by atoms with E-state index in [2.05, 4.69) is 27.0 Å². The average molecular weight is 486 g/mol. The van der Waals surface area contributed by atoms with Crippen molar-refractivity contribution in [2.75, 3.05) is 26.3 Å². The molecule has 34 heavy (non-hydrogen) atoms. The Morgan fingerprint density at radius 2 is 1.65 bits per heavy atom. The fourth-order valence-electron chi connectivity index (χ4n) is 4.14. The van der Waals surface area contributed by atoms with E-state index in [9.17, 15) is 4.39 Å². The van der Waals surface area contributed by atoms with Gasteiger partial charge in [0.25, 0.3) is 0 Å². The van der Waals surface area contributed by atoms with Crippen molar-refractivity contribution in [3.8, 4) is 28.6 Å². The fraction of sp³-hybridized carbons (Fsp3) is 0.385. The molecule has 0 amide bonds. The number of benzene rings is 2. The molecule has 0 atom stereocenters. The summed E-state index contributed by atoms with van der Waals surface area (Å²) in [5.41, 5.74) is 2.82. The molecule has 4 rings (SSSR count). The molecule has 180 valence electrons. The van der Waals surface area contributed by atoms with Crippen molar-refractivity contribution in [3.63, 3.8) is 0 Å². The number of ether oxygens (including phenoxy) is 3.